The first-order chi connectivity index (χ1) is 27.4. The zero-order valence-corrected chi connectivity index (χ0v) is 37.0. The lowest BCUT2D eigenvalue weighted by molar-refractivity contribution is -0.147. The fraction of sp³-hybridized carbons (Fsp3) is 0.857. The number of rotatable bonds is 44. The predicted molar refractivity (Wildman–Crippen MR) is 239 cm³/mol. The fourth-order valence-electron chi connectivity index (χ4n) is 7.34. The van der Waals surface area contributed by atoms with Crippen LogP contribution >= 0.6 is 0 Å². The zero-order chi connectivity index (χ0) is 41.0. The summed E-state index contributed by atoms with van der Waals surface area (Å²) in [5.74, 6) is -1.27. The molecule has 0 spiro atoms. The van der Waals surface area contributed by atoms with Crippen molar-refractivity contribution in [3.63, 3.8) is 0 Å². The summed E-state index contributed by atoms with van der Waals surface area (Å²) in [6.45, 7) is 4.94. The highest BCUT2D eigenvalue weighted by molar-refractivity contribution is 5.83. The summed E-state index contributed by atoms with van der Waals surface area (Å²) in [5, 5.41) is 11.9. The van der Waals surface area contributed by atoms with Crippen molar-refractivity contribution in [3.05, 3.63) is 24.3 Å². The SMILES string of the molecule is CCCCCC/C=C\C/C=C\C(CCCCCCCCC(=O)NC(CCCN)C(=O)O)OC(=O)CCCCCCCCCCCCCCCCCCCCCC. The van der Waals surface area contributed by atoms with Crippen LogP contribution in [0.1, 0.15) is 251 Å². The third-order valence-electron chi connectivity index (χ3n) is 11.0. The van der Waals surface area contributed by atoms with E-state index in [-0.39, 0.29) is 18.0 Å². The van der Waals surface area contributed by atoms with Gasteiger partial charge in [-0.1, -0.05) is 199 Å². The minimum atomic E-state index is -1.00. The molecule has 328 valence electrons. The van der Waals surface area contributed by atoms with Crippen LogP contribution in [0.4, 0.5) is 0 Å². The third-order valence-corrected chi connectivity index (χ3v) is 11.0. The number of ether oxygens (including phenoxy) is 1. The number of nitrogens with one attached hydrogen (secondary N) is 1. The highest BCUT2D eigenvalue weighted by Gasteiger charge is 2.18. The van der Waals surface area contributed by atoms with Crippen molar-refractivity contribution in [2.75, 3.05) is 6.54 Å². The van der Waals surface area contributed by atoms with Crippen LogP contribution in [0.5, 0.6) is 0 Å². The smallest absolute Gasteiger partial charge is 0.326 e. The van der Waals surface area contributed by atoms with Crippen molar-refractivity contribution in [2.24, 2.45) is 5.73 Å². The van der Waals surface area contributed by atoms with E-state index in [1.54, 1.807) is 0 Å². The molecule has 0 aromatic carbocycles. The van der Waals surface area contributed by atoms with Gasteiger partial charge in [0.15, 0.2) is 0 Å². The molecule has 7 heteroatoms. The number of esters is 1. The Morgan fingerprint density at radius 1 is 0.536 bits per heavy atom. The Morgan fingerprint density at radius 3 is 1.46 bits per heavy atom. The Hall–Kier alpha value is -2.15. The number of carboxylic acid groups (broad SMARTS) is 1. The lowest BCUT2D eigenvalue weighted by Crippen LogP contribution is -2.40. The van der Waals surface area contributed by atoms with Gasteiger partial charge < -0.3 is 20.9 Å². The topological polar surface area (TPSA) is 119 Å². The lowest BCUT2D eigenvalue weighted by Gasteiger charge is -2.15. The van der Waals surface area contributed by atoms with Gasteiger partial charge in [-0.05, 0) is 70.4 Å². The first-order valence-electron chi connectivity index (χ1n) is 24.2. The summed E-state index contributed by atoms with van der Waals surface area (Å²) >= 11 is 0. The second kappa shape index (κ2) is 44.0. The van der Waals surface area contributed by atoms with E-state index in [4.69, 9.17) is 10.5 Å². The number of aliphatic carboxylic acids is 1. The fourth-order valence-corrected chi connectivity index (χ4v) is 7.34. The molecular formula is C49H92N2O5. The second-order valence-corrected chi connectivity index (χ2v) is 16.5. The standard InChI is InChI=1S/C49H92N2O5/c1-3-5-7-9-11-13-14-15-16-17-18-19-20-21-22-23-25-27-33-37-43-48(53)56-45(39-34-30-26-24-12-10-8-6-4-2)40-35-31-28-29-32-36-42-47(52)51-46(49(54)55)41-38-44-50/h24,26,34,39,45-46H,3-23,25,27-33,35-38,40-44,50H2,1-2H3,(H,51,52)(H,54,55)/b26-24-,39-34-. The van der Waals surface area contributed by atoms with Crippen molar-refractivity contribution in [1.29, 1.82) is 0 Å². The average Bonchev–Trinajstić information content (AvgIpc) is 3.18. The molecule has 0 radical (unpaired) electrons. The minimum Gasteiger partial charge on any atom is -0.480 e. The molecule has 0 fully saturated rings. The Balaban J connectivity index is 4.16. The number of amides is 1. The van der Waals surface area contributed by atoms with Crippen LogP contribution in [-0.2, 0) is 19.1 Å². The van der Waals surface area contributed by atoms with Gasteiger partial charge in [0.1, 0.15) is 12.1 Å². The van der Waals surface area contributed by atoms with Crippen LogP contribution in [-0.4, -0.2) is 41.6 Å². The van der Waals surface area contributed by atoms with E-state index in [9.17, 15) is 19.5 Å². The molecule has 0 heterocycles. The number of carbonyl (C=O) groups is 3. The largest absolute Gasteiger partial charge is 0.480 e. The molecule has 2 atom stereocenters. The number of carbonyl (C=O) groups excluding carboxylic acids is 2. The van der Waals surface area contributed by atoms with E-state index >= 15 is 0 Å². The van der Waals surface area contributed by atoms with Gasteiger partial charge in [-0.15, -0.1) is 0 Å². The molecule has 0 saturated heterocycles. The molecule has 2 unspecified atom stereocenters. The number of nitrogens with two attached hydrogens (primary N) is 1. The molecule has 0 aromatic rings. The summed E-state index contributed by atoms with van der Waals surface area (Å²) in [5.41, 5.74) is 5.48. The van der Waals surface area contributed by atoms with E-state index in [0.717, 1.165) is 70.6 Å². The van der Waals surface area contributed by atoms with Gasteiger partial charge in [-0.3, -0.25) is 9.59 Å². The van der Waals surface area contributed by atoms with Gasteiger partial charge in [-0.2, -0.15) is 0 Å². The van der Waals surface area contributed by atoms with Gasteiger partial charge in [0, 0.05) is 12.8 Å². The molecule has 0 saturated carbocycles. The molecule has 0 aliphatic heterocycles. The van der Waals surface area contributed by atoms with Crippen molar-refractivity contribution in [3.8, 4) is 0 Å². The third kappa shape index (κ3) is 40.1. The van der Waals surface area contributed by atoms with E-state index in [1.165, 1.54) is 141 Å². The van der Waals surface area contributed by atoms with Crippen LogP contribution in [0, 0.1) is 0 Å². The molecular weight excluding hydrogens is 697 g/mol. The molecule has 0 aliphatic rings. The van der Waals surface area contributed by atoms with E-state index in [0.29, 0.717) is 32.2 Å². The Kier molecular flexibility index (Phi) is 42.3. The summed E-state index contributed by atoms with van der Waals surface area (Å²) in [6.07, 6.45) is 51.2. The van der Waals surface area contributed by atoms with Crippen LogP contribution < -0.4 is 11.1 Å². The van der Waals surface area contributed by atoms with Crippen molar-refractivity contribution in [1.82, 2.24) is 5.32 Å². The van der Waals surface area contributed by atoms with E-state index in [1.807, 2.05) is 0 Å². The van der Waals surface area contributed by atoms with Gasteiger partial charge in [0.05, 0.1) is 0 Å². The quantitative estimate of drug-likeness (QED) is 0.0321. The Morgan fingerprint density at radius 2 is 0.982 bits per heavy atom. The van der Waals surface area contributed by atoms with Crippen LogP contribution in [0.2, 0.25) is 0 Å². The van der Waals surface area contributed by atoms with E-state index < -0.39 is 12.0 Å². The number of allylic oxidation sites excluding steroid dienone is 3. The molecule has 4 N–H and O–H groups in total. The van der Waals surface area contributed by atoms with Crippen LogP contribution in [0.3, 0.4) is 0 Å². The molecule has 0 aromatic heterocycles. The maximum atomic E-state index is 12.8. The lowest BCUT2D eigenvalue weighted by atomic mass is 10.0. The Labute approximate surface area is 346 Å². The number of hydrogen-bond donors (Lipinski definition) is 3. The molecule has 1 amide bonds. The van der Waals surface area contributed by atoms with Gasteiger partial charge in [-0.25, -0.2) is 4.79 Å². The van der Waals surface area contributed by atoms with Crippen molar-refractivity contribution >= 4 is 17.8 Å². The second-order valence-electron chi connectivity index (χ2n) is 16.5. The Bertz CT molecular complexity index is 935. The van der Waals surface area contributed by atoms with Gasteiger partial charge >= 0.3 is 11.9 Å². The monoisotopic (exact) mass is 789 g/mol. The predicted octanol–water partition coefficient (Wildman–Crippen LogP) is 14.0. The van der Waals surface area contributed by atoms with Gasteiger partial charge in [0.25, 0.3) is 0 Å². The molecule has 56 heavy (non-hydrogen) atoms. The maximum Gasteiger partial charge on any atom is 0.326 e. The highest BCUT2D eigenvalue weighted by Crippen LogP contribution is 2.17. The molecule has 0 aliphatic carbocycles. The summed E-state index contributed by atoms with van der Waals surface area (Å²) < 4.78 is 5.96. The first kappa shape index (κ1) is 53.9. The maximum absolute atomic E-state index is 12.8. The normalized spacial score (nSPS) is 12.8. The van der Waals surface area contributed by atoms with Crippen molar-refractivity contribution in [2.45, 2.75) is 264 Å². The first-order valence-corrected chi connectivity index (χ1v) is 24.2. The number of hydrogen-bond acceptors (Lipinski definition) is 5. The molecule has 7 nitrogen and oxygen atoms in total. The molecule has 0 bridgehead atoms. The van der Waals surface area contributed by atoms with Gasteiger partial charge in [0.2, 0.25) is 5.91 Å². The minimum absolute atomic E-state index is 0.0695. The number of carboxylic acids is 1. The highest BCUT2D eigenvalue weighted by atomic mass is 16.5. The van der Waals surface area contributed by atoms with Crippen LogP contribution in [0.25, 0.3) is 0 Å². The van der Waals surface area contributed by atoms with Crippen molar-refractivity contribution < 1.29 is 24.2 Å². The average molecular weight is 789 g/mol. The summed E-state index contributed by atoms with van der Waals surface area (Å²) in [7, 11) is 0. The molecule has 0 rings (SSSR count). The zero-order valence-electron chi connectivity index (χ0n) is 37.0. The van der Waals surface area contributed by atoms with E-state index in [2.05, 4.69) is 43.5 Å². The summed E-state index contributed by atoms with van der Waals surface area (Å²) in [4.78, 5) is 36.3. The summed E-state index contributed by atoms with van der Waals surface area (Å²) in [6, 6.07) is -0.854. The van der Waals surface area contributed by atoms with Crippen LogP contribution in [0.15, 0.2) is 24.3 Å². The number of unbranched alkanes of at least 4 members (excludes halogenated alkanes) is 28.